The smallest absolute Gasteiger partial charge is 0.218 e. The third-order valence-electron chi connectivity index (χ3n) is 4.50. The van der Waals surface area contributed by atoms with E-state index in [2.05, 4.69) is 36.0 Å². The molecule has 1 atom stereocenters. The Bertz CT molecular complexity index is 562. The molecule has 1 aliphatic rings. The van der Waals surface area contributed by atoms with E-state index in [4.69, 9.17) is 14.5 Å². The van der Waals surface area contributed by atoms with Gasteiger partial charge in [0.25, 0.3) is 0 Å². The van der Waals surface area contributed by atoms with E-state index in [1.807, 2.05) is 12.1 Å². The molecule has 0 aliphatic carbocycles. The summed E-state index contributed by atoms with van der Waals surface area (Å²) < 4.78 is 10.8. The van der Waals surface area contributed by atoms with E-state index in [0.29, 0.717) is 25.6 Å². The zero-order valence-corrected chi connectivity index (χ0v) is 16.7. The molecule has 1 aromatic rings. The van der Waals surface area contributed by atoms with Crippen molar-refractivity contribution < 1.29 is 9.47 Å². The molecular formula is C20H34N4O2. The summed E-state index contributed by atoms with van der Waals surface area (Å²) in [4.78, 5) is 11.6. The number of rotatable bonds is 9. The highest BCUT2D eigenvalue weighted by Gasteiger charge is 2.25. The monoisotopic (exact) mass is 362 g/mol. The standard InChI is InChI=1S/C20H34N4O2/c1-5-21-20(24-10-8-17(15-24)13-16(2)3)23-14-18-7-6-9-22-19(18)26-12-11-25-4/h6-7,9,16-17H,5,8,10-15H2,1-4H3,(H,21,23). The minimum atomic E-state index is 0.493. The summed E-state index contributed by atoms with van der Waals surface area (Å²) in [5.74, 6) is 3.15. The van der Waals surface area contributed by atoms with Crippen LogP contribution in [-0.2, 0) is 11.3 Å². The third kappa shape index (κ3) is 6.48. The lowest BCUT2D eigenvalue weighted by atomic mass is 9.97. The summed E-state index contributed by atoms with van der Waals surface area (Å²) in [7, 11) is 1.66. The van der Waals surface area contributed by atoms with Crippen LogP contribution in [0.2, 0.25) is 0 Å². The van der Waals surface area contributed by atoms with Gasteiger partial charge in [0.15, 0.2) is 5.96 Å². The van der Waals surface area contributed by atoms with Gasteiger partial charge in [-0.1, -0.05) is 19.9 Å². The predicted octanol–water partition coefficient (Wildman–Crippen LogP) is 2.94. The van der Waals surface area contributed by atoms with E-state index in [9.17, 15) is 0 Å². The molecule has 1 fully saturated rings. The number of guanidine groups is 1. The Balaban J connectivity index is 2.01. The van der Waals surface area contributed by atoms with Crippen molar-refractivity contribution in [3.8, 4) is 5.88 Å². The lowest BCUT2D eigenvalue weighted by molar-refractivity contribution is 0.143. The zero-order valence-electron chi connectivity index (χ0n) is 16.7. The molecule has 6 heteroatoms. The van der Waals surface area contributed by atoms with Gasteiger partial charge in [0, 0.05) is 38.5 Å². The summed E-state index contributed by atoms with van der Waals surface area (Å²) in [5.41, 5.74) is 0.997. The van der Waals surface area contributed by atoms with E-state index < -0.39 is 0 Å². The van der Waals surface area contributed by atoms with Crippen LogP contribution in [0.15, 0.2) is 23.3 Å². The fourth-order valence-electron chi connectivity index (χ4n) is 3.37. The van der Waals surface area contributed by atoms with Crippen molar-refractivity contribution in [2.24, 2.45) is 16.8 Å². The Morgan fingerprint density at radius 3 is 3.00 bits per heavy atom. The topological polar surface area (TPSA) is 59.0 Å². The van der Waals surface area contributed by atoms with Crippen LogP contribution in [0.5, 0.6) is 5.88 Å². The lowest BCUT2D eigenvalue weighted by Gasteiger charge is -2.22. The molecule has 0 aromatic carbocycles. The molecule has 146 valence electrons. The SMILES string of the molecule is CCNC(=NCc1cccnc1OCCOC)N1CCC(CC(C)C)C1. The molecule has 1 aromatic heterocycles. The number of aromatic nitrogens is 1. The van der Waals surface area contributed by atoms with Gasteiger partial charge < -0.3 is 19.7 Å². The molecule has 1 N–H and O–H groups in total. The molecule has 2 heterocycles. The van der Waals surface area contributed by atoms with E-state index in [0.717, 1.165) is 43.0 Å². The summed E-state index contributed by atoms with van der Waals surface area (Å²) in [5, 5.41) is 3.44. The highest BCUT2D eigenvalue weighted by atomic mass is 16.5. The molecule has 0 saturated carbocycles. The highest BCUT2D eigenvalue weighted by molar-refractivity contribution is 5.80. The van der Waals surface area contributed by atoms with Gasteiger partial charge in [-0.2, -0.15) is 0 Å². The first-order valence-electron chi connectivity index (χ1n) is 9.72. The van der Waals surface area contributed by atoms with Crippen LogP contribution < -0.4 is 10.1 Å². The van der Waals surface area contributed by atoms with Crippen molar-refractivity contribution >= 4 is 5.96 Å². The first-order valence-corrected chi connectivity index (χ1v) is 9.72. The van der Waals surface area contributed by atoms with Crippen molar-refractivity contribution in [1.29, 1.82) is 0 Å². The number of pyridine rings is 1. The number of hydrogen-bond donors (Lipinski definition) is 1. The number of ether oxygens (including phenoxy) is 2. The van der Waals surface area contributed by atoms with Gasteiger partial charge in [0.05, 0.1) is 13.2 Å². The largest absolute Gasteiger partial charge is 0.475 e. The summed E-state index contributed by atoms with van der Waals surface area (Å²) in [6.07, 6.45) is 4.29. The fourth-order valence-corrected chi connectivity index (χ4v) is 3.37. The molecular weight excluding hydrogens is 328 g/mol. The van der Waals surface area contributed by atoms with E-state index in [1.54, 1.807) is 13.3 Å². The Morgan fingerprint density at radius 1 is 1.42 bits per heavy atom. The molecule has 1 saturated heterocycles. The van der Waals surface area contributed by atoms with Gasteiger partial charge in [-0.3, -0.25) is 0 Å². The summed E-state index contributed by atoms with van der Waals surface area (Å²) in [6.45, 7) is 11.4. The maximum absolute atomic E-state index is 5.72. The molecule has 1 aliphatic heterocycles. The van der Waals surface area contributed by atoms with Crippen LogP contribution in [0, 0.1) is 11.8 Å². The van der Waals surface area contributed by atoms with Gasteiger partial charge >= 0.3 is 0 Å². The van der Waals surface area contributed by atoms with Gasteiger partial charge in [-0.15, -0.1) is 0 Å². The predicted molar refractivity (Wildman–Crippen MR) is 106 cm³/mol. The second kappa shape index (κ2) is 11.0. The average Bonchev–Trinajstić information content (AvgIpc) is 3.07. The quantitative estimate of drug-likeness (QED) is 0.416. The van der Waals surface area contributed by atoms with Crippen molar-refractivity contribution in [2.75, 3.05) is 40.0 Å². The molecule has 0 spiro atoms. The van der Waals surface area contributed by atoms with Crippen LogP contribution in [0.3, 0.4) is 0 Å². The van der Waals surface area contributed by atoms with Crippen molar-refractivity contribution in [3.05, 3.63) is 23.9 Å². The van der Waals surface area contributed by atoms with Crippen LogP contribution in [-0.4, -0.2) is 55.8 Å². The molecule has 2 rings (SSSR count). The van der Waals surface area contributed by atoms with Crippen LogP contribution in [0.25, 0.3) is 0 Å². The number of aliphatic imine (C=N–C) groups is 1. The maximum atomic E-state index is 5.72. The fraction of sp³-hybridized carbons (Fsp3) is 0.700. The maximum Gasteiger partial charge on any atom is 0.218 e. The van der Waals surface area contributed by atoms with Gasteiger partial charge in [0.1, 0.15) is 6.61 Å². The van der Waals surface area contributed by atoms with Gasteiger partial charge in [-0.05, 0) is 37.7 Å². The average molecular weight is 363 g/mol. The van der Waals surface area contributed by atoms with Crippen molar-refractivity contribution in [1.82, 2.24) is 15.2 Å². The van der Waals surface area contributed by atoms with Gasteiger partial charge in [-0.25, -0.2) is 9.98 Å². The second-order valence-corrected chi connectivity index (χ2v) is 7.21. The number of likely N-dealkylation sites (tertiary alicyclic amines) is 1. The van der Waals surface area contributed by atoms with Crippen molar-refractivity contribution in [3.63, 3.8) is 0 Å². The molecule has 0 radical (unpaired) electrons. The van der Waals surface area contributed by atoms with Crippen LogP contribution in [0.4, 0.5) is 0 Å². The number of nitrogens with one attached hydrogen (secondary N) is 1. The zero-order chi connectivity index (χ0) is 18.8. The molecule has 1 unspecified atom stereocenters. The van der Waals surface area contributed by atoms with E-state index in [-0.39, 0.29) is 0 Å². The second-order valence-electron chi connectivity index (χ2n) is 7.21. The van der Waals surface area contributed by atoms with Gasteiger partial charge in [0.2, 0.25) is 5.88 Å². The van der Waals surface area contributed by atoms with Crippen LogP contribution in [0.1, 0.15) is 39.2 Å². The number of nitrogens with zero attached hydrogens (tertiary/aromatic N) is 3. The van der Waals surface area contributed by atoms with E-state index in [1.165, 1.54) is 12.8 Å². The van der Waals surface area contributed by atoms with E-state index >= 15 is 0 Å². The molecule has 0 bridgehead atoms. The first kappa shape index (κ1) is 20.5. The van der Waals surface area contributed by atoms with Crippen LogP contribution >= 0.6 is 0 Å². The minimum Gasteiger partial charge on any atom is -0.475 e. The summed E-state index contributed by atoms with van der Waals surface area (Å²) in [6, 6.07) is 3.95. The minimum absolute atomic E-state index is 0.493. The third-order valence-corrected chi connectivity index (χ3v) is 4.50. The lowest BCUT2D eigenvalue weighted by Crippen LogP contribution is -2.40. The summed E-state index contributed by atoms with van der Waals surface area (Å²) >= 11 is 0. The Kier molecular flexibility index (Phi) is 8.68. The Hall–Kier alpha value is -1.82. The normalized spacial score (nSPS) is 17.8. The Morgan fingerprint density at radius 2 is 2.27 bits per heavy atom. The Labute approximate surface area is 158 Å². The molecule has 26 heavy (non-hydrogen) atoms. The number of methoxy groups -OCH3 is 1. The van der Waals surface area contributed by atoms with Crippen molar-refractivity contribution in [2.45, 2.75) is 40.2 Å². The molecule has 6 nitrogen and oxygen atoms in total. The first-order chi connectivity index (χ1) is 12.6. The number of hydrogen-bond acceptors (Lipinski definition) is 4. The highest BCUT2D eigenvalue weighted by Crippen LogP contribution is 2.23. The molecule has 0 amide bonds.